The number of carbonyl (C=O) groups is 1. The molecule has 0 bridgehead atoms. The lowest BCUT2D eigenvalue weighted by Crippen LogP contribution is -1.95. The smallest absolute Gasteiger partial charge is 0.275 e. The molecule has 0 aliphatic heterocycles. The first kappa shape index (κ1) is 17.7. The Hall–Kier alpha value is -3.73. The van der Waals surface area contributed by atoms with Gasteiger partial charge in [0, 0.05) is 17.5 Å². The van der Waals surface area contributed by atoms with Crippen LogP contribution in [-0.4, -0.2) is 36.6 Å². The van der Waals surface area contributed by atoms with E-state index in [1.54, 1.807) is 0 Å². The lowest BCUT2D eigenvalue weighted by atomic mass is 10.2. The van der Waals surface area contributed by atoms with Crippen molar-refractivity contribution >= 4 is 51.0 Å². The number of non-ortho nitro benzene ring substituents is 1. The Balaban J connectivity index is 1.50. The van der Waals surface area contributed by atoms with Crippen molar-refractivity contribution in [1.29, 1.82) is 0 Å². The van der Waals surface area contributed by atoms with Crippen LogP contribution >= 0.6 is 11.8 Å². The van der Waals surface area contributed by atoms with E-state index in [-0.39, 0.29) is 23.0 Å². The number of nitro groups is 1. The lowest BCUT2D eigenvalue weighted by molar-refractivity contribution is -0.384. The van der Waals surface area contributed by atoms with Crippen molar-refractivity contribution in [2.75, 3.05) is 5.75 Å². The van der Waals surface area contributed by atoms with Gasteiger partial charge in [-0.1, -0.05) is 23.9 Å². The van der Waals surface area contributed by atoms with E-state index in [9.17, 15) is 20.0 Å². The molecule has 0 saturated carbocycles. The third-order valence-electron chi connectivity index (χ3n) is 3.91. The van der Waals surface area contributed by atoms with Crippen molar-refractivity contribution in [2.45, 2.75) is 5.16 Å². The molecule has 0 fully saturated rings. The van der Waals surface area contributed by atoms with Crippen LogP contribution < -0.4 is 0 Å². The van der Waals surface area contributed by atoms with E-state index in [0.29, 0.717) is 16.1 Å². The standard InChI is InChI=1S/C17H12N6O4S/c24-14(8-28-17-19-12-3-1-2-4-13(12)20-17)21-22-15-10-7-9(23(26)27)5-6-11(10)18-16(15)25/h1-7,18,25H,8H2,(H,19,20). The first-order valence-corrected chi connectivity index (χ1v) is 9.01. The van der Waals surface area contributed by atoms with Gasteiger partial charge in [0.05, 0.1) is 27.2 Å². The molecule has 0 aliphatic carbocycles. The number of H-pyrrole nitrogens is 2. The lowest BCUT2D eigenvalue weighted by Gasteiger charge is -1.94. The maximum absolute atomic E-state index is 12.0. The van der Waals surface area contributed by atoms with E-state index in [4.69, 9.17) is 0 Å². The molecule has 10 nitrogen and oxygen atoms in total. The van der Waals surface area contributed by atoms with Crippen LogP contribution in [-0.2, 0) is 4.79 Å². The van der Waals surface area contributed by atoms with E-state index in [1.165, 1.54) is 30.0 Å². The Morgan fingerprint density at radius 3 is 2.82 bits per heavy atom. The fourth-order valence-corrected chi connectivity index (χ4v) is 3.29. The van der Waals surface area contributed by atoms with Crippen molar-refractivity contribution in [2.24, 2.45) is 10.2 Å². The number of nitro benzene ring substituents is 1. The number of aromatic amines is 2. The molecule has 1 amide bonds. The van der Waals surface area contributed by atoms with Gasteiger partial charge in [-0.15, -0.1) is 10.2 Å². The zero-order chi connectivity index (χ0) is 19.7. The summed E-state index contributed by atoms with van der Waals surface area (Å²) in [5, 5.41) is 29.1. The maximum Gasteiger partial charge on any atom is 0.275 e. The summed E-state index contributed by atoms with van der Waals surface area (Å²) < 4.78 is 0. The summed E-state index contributed by atoms with van der Waals surface area (Å²) in [5.74, 6) is -0.867. The van der Waals surface area contributed by atoms with Gasteiger partial charge in [0.15, 0.2) is 10.8 Å². The van der Waals surface area contributed by atoms with Crippen molar-refractivity contribution in [3.63, 3.8) is 0 Å². The highest BCUT2D eigenvalue weighted by atomic mass is 32.2. The highest BCUT2D eigenvalue weighted by molar-refractivity contribution is 7.99. The average Bonchev–Trinajstić information content (AvgIpc) is 3.23. The van der Waals surface area contributed by atoms with Crippen molar-refractivity contribution < 1.29 is 14.8 Å². The normalized spacial score (nSPS) is 11.6. The second-order valence-electron chi connectivity index (χ2n) is 5.75. The Morgan fingerprint density at radius 2 is 2.04 bits per heavy atom. The summed E-state index contributed by atoms with van der Waals surface area (Å²) in [6, 6.07) is 11.5. The maximum atomic E-state index is 12.0. The van der Waals surface area contributed by atoms with Crippen LogP contribution in [0.4, 0.5) is 11.4 Å². The summed E-state index contributed by atoms with van der Waals surface area (Å²) in [4.78, 5) is 32.5. The Kier molecular flexibility index (Phi) is 4.49. The molecule has 11 heteroatoms. The van der Waals surface area contributed by atoms with Crippen LogP contribution in [0.2, 0.25) is 0 Å². The number of hydrogen-bond acceptors (Lipinski definition) is 7. The third-order valence-corrected chi connectivity index (χ3v) is 4.77. The van der Waals surface area contributed by atoms with Crippen LogP contribution in [0.15, 0.2) is 57.8 Å². The van der Waals surface area contributed by atoms with Crippen molar-refractivity contribution in [3.8, 4) is 5.88 Å². The van der Waals surface area contributed by atoms with Crippen LogP contribution in [0.5, 0.6) is 5.88 Å². The average molecular weight is 396 g/mol. The number of thioether (sulfide) groups is 1. The zero-order valence-corrected chi connectivity index (χ0v) is 14.9. The van der Waals surface area contributed by atoms with Gasteiger partial charge in [0.25, 0.3) is 11.6 Å². The van der Waals surface area contributed by atoms with Crippen LogP contribution in [0.1, 0.15) is 0 Å². The Labute approximate surface area is 160 Å². The fraction of sp³-hybridized carbons (Fsp3) is 0.0588. The molecule has 2 aromatic heterocycles. The number of aromatic hydroxyl groups is 1. The minimum absolute atomic E-state index is 0.00735. The fourth-order valence-electron chi connectivity index (χ4n) is 2.63. The number of para-hydroxylation sites is 2. The summed E-state index contributed by atoms with van der Waals surface area (Å²) in [6.45, 7) is 0. The monoisotopic (exact) mass is 396 g/mol. The molecule has 0 unspecified atom stereocenters. The summed E-state index contributed by atoms with van der Waals surface area (Å²) >= 11 is 1.18. The van der Waals surface area contributed by atoms with Crippen LogP contribution in [0.3, 0.4) is 0 Å². The largest absolute Gasteiger partial charge is 0.493 e. The van der Waals surface area contributed by atoms with Gasteiger partial charge in [-0.3, -0.25) is 14.9 Å². The molecule has 0 radical (unpaired) electrons. The molecule has 0 aliphatic rings. The number of fused-ring (bicyclic) bond motifs is 2. The minimum Gasteiger partial charge on any atom is -0.493 e. The molecule has 28 heavy (non-hydrogen) atoms. The quantitative estimate of drug-likeness (QED) is 0.200. The number of carbonyl (C=O) groups excluding carboxylic acids is 1. The Morgan fingerprint density at radius 1 is 1.21 bits per heavy atom. The van der Waals surface area contributed by atoms with Gasteiger partial charge in [-0.05, 0) is 18.2 Å². The summed E-state index contributed by atoms with van der Waals surface area (Å²) in [5.41, 5.74) is 1.92. The number of imidazole rings is 1. The molecule has 0 saturated heterocycles. The molecule has 0 spiro atoms. The second kappa shape index (κ2) is 7.12. The van der Waals surface area contributed by atoms with Gasteiger partial charge in [-0.2, -0.15) is 0 Å². The van der Waals surface area contributed by atoms with Crippen LogP contribution in [0.25, 0.3) is 21.9 Å². The number of hydrogen-bond donors (Lipinski definition) is 3. The minimum atomic E-state index is -0.556. The van der Waals surface area contributed by atoms with Crippen molar-refractivity contribution in [1.82, 2.24) is 15.0 Å². The number of aromatic nitrogens is 3. The predicted octanol–water partition coefficient (Wildman–Crippen LogP) is 4.06. The highest BCUT2D eigenvalue weighted by Crippen LogP contribution is 2.37. The first-order chi connectivity index (χ1) is 13.5. The summed E-state index contributed by atoms with van der Waals surface area (Å²) in [7, 11) is 0. The highest BCUT2D eigenvalue weighted by Gasteiger charge is 2.15. The third kappa shape index (κ3) is 3.42. The van der Waals surface area contributed by atoms with Crippen molar-refractivity contribution in [3.05, 3.63) is 52.6 Å². The molecule has 4 rings (SSSR count). The van der Waals surface area contributed by atoms with Gasteiger partial charge < -0.3 is 15.1 Å². The summed E-state index contributed by atoms with van der Waals surface area (Å²) in [6.07, 6.45) is 0. The van der Waals surface area contributed by atoms with Gasteiger partial charge in [0.1, 0.15) is 0 Å². The molecule has 2 aromatic carbocycles. The van der Waals surface area contributed by atoms with E-state index in [1.807, 2.05) is 24.3 Å². The van der Waals surface area contributed by atoms with Crippen LogP contribution in [0, 0.1) is 10.1 Å². The molecule has 3 N–H and O–H groups in total. The second-order valence-corrected chi connectivity index (χ2v) is 6.71. The molecule has 0 atom stereocenters. The number of azo groups is 1. The SMILES string of the molecule is O=C(CSc1nc2ccccc2[nH]1)N=Nc1c(O)[nH]c2ccc([N+](=O)[O-])cc12. The number of nitrogens with one attached hydrogen (secondary N) is 2. The van der Waals surface area contributed by atoms with Gasteiger partial charge in [0.2, 0.25) is 5.88 Å². The molecule has 2 heterocycles. The van der Waals surface area contributed by atoms with E-state index in [0.717, 1.165) is 11.0 Å². The van der Waals surface area contributed by atoms with Gasteiger partial charge >= 0.3 is 0 Å². The number of amides is 1. The van der Waals surface area contributed by atoms with E-state index < -0.39 is 10.8 Å². The Bertz CT molecular complexity index is 1210. The van der Waals surface area contributed by atoms with E-state index in [2.05, 4.69) is 25.2 Å². The first-order valence-electron chi connectivity index (χ1n) is 8.02. The zero-order valence-electron chi connectivity index (χ0n) is 14.1. The molecule has 140 valence electrons. The molecular formula is C17H12N6O4S. The number of rotatable bonds is 5. The molecule has 4 aromatic rings. The number of nitrogens with zero attached hydrogens (tertiary/aromatic N) is 4. The number of benzene rings is 2. The van der Waals surface area contributed by atoms with Gasteiger partial charge in [-0.25, -0.2) is 4.98 Å². The predicted molar refractivity (Wildman–Crippen MR) is 103 cm³/mol. The van der Waals surface area contributed by atoms with E-state index >= 15 is 0 Å². The molecular weight excluding hydrogens is 384 g/mol. The topological polar surface area (TPSA) is 150 Å².